The lowest BCUT2D eigenvalue weighted by molar-refractivity contribution is 0.0629. The van der Waals surface area contributed by atoms with E-state index in [0.717, 1.165) is 30.6 Å². The molecular weight excluding hydrogens is 234 g/mol. The Morgan fingerprint density at radius 3 is 3.06 bits per heavy atom. The summed E-state index contributed by atoms with van der Waals surface area (Å²) in [5, 5.41) is 9.22. The standard InChI is InChI=1S/C13H17NO4/c14-13(16)18-12(8-15)10-4-1-3-9(7-10)11-5-2-6-17-11/h1,3-4,7,11-12,15H,2,5-6,8H2,(H2,14,16). The number of amides is 1. The van der Waals surface area contributed by atoms with Crippen LogP contribution in [0.2, 0.25) is 0 Å². The number of carbonyl (C=O) groups excluding carboxylic acids is 1. The molecule has 1 aliphatic heterocycles. The molecule has 0 aromatic heterocycles. The van der Waals surface area contributed by atoms with Gasteiger partial charge in [-0.3, -0.25) is 0 Å². The zero-order valence-electron chi connectivity index (χ0n) is 10.0. The van der Waals surface area contributed by atoms with Gasteiger partial charge in [-0.05, 0) is 30.0 Å². The first-order valence-corrected chi connectivity index (χ1v) is 5.99. The number of ether oxygens (including phenoxy) is 2. The average Bonchev–Trinajstić information content (AvgIpc) is 2.89. The molecule has 98 valence electrons. The number of hydrogen-bond acceptors (Lipinski definition) is 4. The number of carbonyl (C=O) groups is 1. The molecule has 2 unspecified atom stereocenters. The summed E-state index contributed by atoms with van der Waals surface area (Å²) in [4.78, 5) is 10.7. The third-order valence-electron chi connectivity index (χ3n) is 3.01. The monoisotopic (exact) mass is 251 g/mol. The van der Waals surface area contributed by atoms with Gasteiger partial charge in [-0.2, -0.15) is 0 Å². The highest BCUT2D eigenvalue weighted by Crippen LogP contribution is 2.30. The fourth-order valence-corrected chi connectivity index (χ4v) is 2.15. The summed E-state index contributed by atoms with van der Waals surface area (Å²) in [6, 6.07) is 7.51. The predicted octanol–water partition coefficient (Wildman–Crippen LogP) is 1.67. The lowest BCUT2D eigenvalue weighted by Crippen LogP contribution is -2.19. The second-order valence-electron chi connectivity index (χ2n) is 4.28. The maximum atomic E-state index is 10.7. The number of nitrogens with two attached hydrogens (primary N) is 1. The molecule has 1 saturated heterocycles. The Morgan fingerprint density at radius 2 is 2.44 bits per heavy atom. The van der Waals surface area contributed by atoms with E-state index >= 15 is 0 Å². The van der Waals surface area contributed by atoms with Crippen LogP contribution in [0.25, 0.3) is 0 Å². The minimum absolute atomic E-state index is 0.0953. The van der Waals surface area contributed by atoms with E-state index in [-0.39, 0.29) is 12.7 Å². The molecule has 3 N–H and O–H groups in total. The molecule has 18 heavy (non-hydrogen) atoms. The van der Waals surface area contributed by atoms with Crippen molar-refractivity contribution in [1.82, 2.24) is 0 Å². The van der Waals surface area contributed by atoms with E-state index in [4.69, 9.17) is 15.2 Å². The van der Waals surface area contributed by atoms with Gasteiger partial charge in [0, 0.05) is 6.61 Å². The zero-order chi connectivity index (χ0) is 13.0. The lowest BCUT2D eigenvalue weighted by atomic mass is 10.0. The molecule has 2 atom stereocenters. The molecule has 0 spiro atoms. The van der Waals surface area contributed by atoms with Crippen molar-refractivity contribution in [3.63, 3.8) is 0 Å². The Bertz CT molecular complexity index is 415. The molecular formula is C13H17NO4. The molecule has 0 saturated carbocycles. The van der Waals surface area contributed by atoms with Crippen LogP contribution in [0.15, 0.2) is 24.3 Å². The maximum absolute atomic E-state index is 10.7. The minimum Gasteiger partial charge on any atom is -0.439 e. The van der Waals surface area contributed by atoms with E-state index in [1.54, 1.807) is 6.07 Å². The molecule has 0 bridgehead atoms. The summed E-state index contributed by atoms with van der Waals surface area (Å²) in [6.45, 7) is 0.480. The Kier molecular flexibility index (Phi) is 4.17. The molecule has 1 aliphatic rings. The summed E-state index contributed by atoms with van der Waals surface area (Å²) in [5.74, 6) is 0. The molecule has 2 rings (SSSR count). The molecule has 1 amide bonds. The molecule has 0 radical (unpaired) electrons. The number of primary amides is 1. The normalized spacial score (nSPS) is 20.6. The van der Waals surface area contributed by atoms with Crippen LogP contribution >= 0.6 is 0 Å². The summed E-state index contributed by atoms with van der Waals surface area (Å²) in [6.07, 6.45) is 0.526. The quantitative estimate of drug-likeness (QED) is 0.852. The molecule has 1 aromatic rings. The topological polar surface area (TPSA) is 81.8 Å². The van der Waals surface area contributed by atoms with Crippen LogP contribution < -0.4 is 5.73 Å². The van der Waals surface area contributed by atoms with E-state index in [0.29, 0.717) is 0 Å². The molecule has 1 aromatic carbocycles. The number of benzene rings is 1. The van der Waals surface area contributed by atoms with Crippen molar-refractivity contribution < 1.29 is 19.4 Å². The maximum Gasteiger partial charge on any atom is 0.405 e. The van der Waals surface area contributed by atoms with Crippen LogP contribution in [0.3, 0.4) is 0 Å². The third kappa shape index (κ3) is 3.00. The zero-order valence-corrected chi connectivity index (χ0v) is 10.0. The Morgan fingerprint density at radius 1 is 1.61 bits per heavy atom. The third-order valence-corrected chi connectivity index (χ3v) is 3.01. The Balaban J connectivity index is 2.16. The Hall–Kier alpha value is -1.59. The fraction of sp³-hybridized carbons (Fsp3) is 0.462. The van der Waals surface area contributed by atoms with Gasteiger partial charge in [0.05, 0.1) is 12.7 Å². The largest absolute Gasteiger partial charge is 0.439 e. The second-order valence-corrected chi connectivity index (χ2v) is 4.28. The molecule has 5 nitrogen and oxygen atoms in total. The van der Waals surface area contributed by atoms with Gasteiger partial charge >= 0.3 is 6.09 Å². The second kappa shape index (κ2) is 5.84. The van der Waals surface area contributed by atoms with Crippen molar-refractivity contribution in [2.45, 2.75) is 25.0 Å². The van der Waals surface area contributed by atoms with Crippen LogP contribution in [0.4, 0.5) is 4.79 Å². The highest BCUT2D eigenvalue weighted by molar-refractivity contribution is 5.65. The van der Waals surface area contributed by atoms with Gasteiger partial charge in [-0.25, -0.2) is 4.79 Å². The average molecular weight is 251 g/mol. The van der Waals surface area contributed by atoms with Crippen LogP contribution in [0, 0.1) is 0 Å². The van der Waals surface area contributed by atoms with Gasteiger partial charge in [-0.15, -0.1) is 0 Å². The number of aliphatic hydroxyl groups is 1. The van der Waals surface area contributed by atoms with Gasteiger partial charge in [0.2, 0.25) is 0 Å². The van der Waals surface area contributed by atoms with Gasteiger partial charge in [0.25, 0.3) is 0 Å². The summed E-state index contributed by atoms with van der Waals surface area (Å²) >= 11 is 0. The first kappa shape index (κ1) is 12.9. The highest BCUT2D eigenvalue weighted by Gasteiger charge is 2.20. The van der Waals surface area contributed by atoms with Gasteiger partial charge in [0.1, 0.15) is 0 Å². The smallest absolute Gasteiger partial charge is 0.405 e. The Labute approximate surface area is 106 Å². The fourth-order valence-electron chi connectivity index (χ4n) is 2.15. The number of hydrogen-bond donors (Lipinski definition) is 2. The van der Waals surface area contributed by atoms with E-state index in [1.165, 1.54) is 0 Å². The summed E-state index contributed by atoms with van der Waals surface area (Å²) in [7, 11) is 0. The van der Waals surface area contributed by atoms with Crippen molar-refractivity contribution in [2.24, 2.45) is 5.73 Å². The van der Waals surface area contributed by atoms with E-state index < -0.39 is 12.2 Å². The molecule has 1 heterocycles. The van der Waals surface area contributed by atoms with Gasteiger partial charge < -0.3 is 20.3 Å². The summed E-state index contributed by atoms with van der Waals surface area (Å²) in [5.41, 5.74) is 6.73. The van der Waals surface area contributed by atoms with Crippen molar-refractivity contribution in [2.75, 3.05) is 13.2 Å². The van der Waals surface area contributed by atoms with E-state index in [2.05, 4.69) is 0 Å². The van der Waals surface area contributed by atoms with Crippen LogP contribution in [-0.4, -0.2) is 24.4 Å². The highest BCUT2D eigenvalue weighted by atomic mass is 16.6. The van der Waals surface area contributed by atoms with Crippen molar-refractivity contribution >= 4 is 6.09 Å². The van der Waals surface area contributed by atoms with Crippen LogP contribution in [0.5, 0.6) is 0 Å². The van der Waals surface area contributed by atoms with Crippen molar-refractivity contribution in [3.05, 3.63) is 35.4 Å². The first-order valence-electron chi connectivity index (χ1n) is 5.99. The van der Waals surface area contributed by atoms with Crippen LogP contribution in [-0.2, 0) is 9.47 Å². The van der Waals surface area contributed by atoms with E-state index in [1.807, 2.05) is 18.2 Å². The molecule has 1 fully saturated rings. The van der Waals surface area contributed by atoms with Gasteiger partial charge in [0.15, 0.2) is 6.10 Å². The number of aliphatic hydroxyl groups excluding tert-OH is 1. The van der Waals surface area contributed by atoms with E-state index in [9.17, 15) is 9.90 Å². The SMILES string of the molecule is NC(=O)OC(CO)c1cccc(C2CCCO2)c1. The first-order chi connectivity index (χ1) is 8.70. The minimum atomic E-state index is -0.892. The summed E-state index contributed by atoms with van der Waals surface area (Å²) < 4.78 is 10.4. The lowest BCUT2D eigenvalue weighted by Gasteiger charge is -2.17. The van der Waals surface area contributed by atoms with Crippen LogP contribution in [0.1, 0.15) is 36.2 Å². The van der Waals surface area contributed by atoms with Crippen molar-refractivity contribution in [3.8, 4) is 0 Å². The van der Waals surface area contributed by atoms with Crippen molar-refractivity contribution in [1.29, 1.82) is 0 Å². The molecule has 0 aliphatic carbocycles. The molecule has 5 heteroatoms. The van der Waals surface area contributed by atoms with Gasteiger partial charge in [-0.1, -0.05) is 18.2 Å². The number of rotatable bonds is 4. The predicted molar refractivity (Wildman–Crippen MR) is 64.9 cm³/mol.